The third-order valence-corrected chi connectivity index (χ3v) is 7.91. The number of aromatic nitrogens is 1. The van der Waals surface area contributed by atoms with Crippen molar-refractivity contribution in [2.24, 2.45) is 0 Å². The summed E-state index contributed by atoms with van der Waals surface area (Å²) in [4.78, 5) is 14.8. The number of halogens is 2. The average molecular weight is 609 g/mol. The Morgan fingerprint density at radius 1 is 1.16 bits per heavy atom. The number of rotatable bonds is 8. The molecular weight excluding hydrogens is 579 g/mol. The lowest BCUT2D eigenvalue weighted by Crippen LogP contribution is -2.39. The van der Waals surface area contributed by atoms with Crippen molar-refractivity contribution in [1.29, 1.82) is 0 Å². The SMILES string of the molecule is CC(=O)c1c(C)n(CCCN2CCC(Oc3cccc(CI)c3)CC2)c2c(Br)cccc12. The summed E-state index contributed by atoms with van der Waals surface area (Å²) in [6, 6.07) is 14.6. The van der Waals surface area contributed by atoms with Crippen LogP contribution in [-0.2, 0) is 11.0 Å². The molecule has 0 unspecified atom stereocenters. The number of Topliss-reactive ketones (excluding diaryl/α,β-unsaturated/α-hetero) is 1. The first-order valence-corrected chi connectivity index (χ1v) is 13.6. The maximum absolute atomic E-state index is 12.3. The highest BCUT2D eigenvalue weighted by atomic mass is 127. The minimum absolute atomic E-state index is 0.135. The first-order valence-electron chi connectivity index (χ1n) is 11.3. The number of para-hydroxylation sites is 1. The Balaban J connectivity index is 1.33. The van der Waals surface area contributed by atoms with Gasteiger partial charge in [0.05, 0.1) is 5.52 Å². The van der Waals surface area contributed by atoms with Gasteiger partial charge in [-0.15, -0.1) is 0 Å². The maximum atomic E-state index is 12.3. The van der Waals surface area contributed by atoms with Gasteiger partial charge in [-0.3, -0.25) is 4.79 Å². The second kappa shape index (κ2) is 10.7. The van der Waals surface area contributed by atoms with Gasteiger partial charge >= 0.3 is 0 Å². The molecule has 170 valence electrons. The van der Waals surface area contributed by atoms with Gasteiger partial charge in [0.1, 0.15) is 11.9 Å². The standard InChI is InChI=1S/C26H30BrIN2O2/c1-18-25(19(2)31)23-8-4-9-24(27)26(23)30(18)13-5-12-29-14-10-21(11-15-29)32-22-7-3-6-20(16-22)17-28/h3-4,6-9,16,21H,5,10-15,17H2,1-2H3. The van der Waals surface area contributed by atoms with E-state index in [1.54, 1.807) is 6.92 Å². The number of fused-ring (bicyclic) bond motifs is 1. The number of likely N-dealkylation sites (tertiary alicyclic amines) is 1. The first-order chi connectivity index (χ1) is 15.5. The van der Waals surface area contributed by atoms with Gasteiger partial charge in [0.15, 0.2) is 5.78 Å². The van der Waals surface area contributed by atoms with E-state index in [9.17, 15) is 4.79 Å². The third-order valence-electron chi connectivity index (χ3n) is 6.39. The fourth-order valence-electron chi connectivity index (χ4n) is 4.81. The van der Waals surface area contributed by atoms with Crippen molar-refractivity contribution in [2.75, 3.05) is 19.6 Å². The van der Waals surface area contributed by atoms with E-state index in [0.29, 0.717) is 6.10 Å². The highest BCUT2D eigenvalue weighted by Crippen LogP contribution is 2.32. The molecule has 0 spiro atoms. The predicted molar refractivity (Wildman–Crippen MR) is 143 cm³/mol. The van der Waals surface area contributed by atoms with Gasteiger partial charge in [-0.05, 0) is 79.3 Å². The second-order valence-electron chi connectivity index (χ2n) is 8.60. The van der Waals surface area contributed by atoms with Crippen LogP contribution in [0.15, 0.2) is 46.9 Å². The monoisotopic (exact) mass is 608 g/mol. The number of hydrogen-bond donors (Lipinski definition) is 0. The van der Waals surface area contributed by atoms with Crippen molar-refractivity contribution >= 4 is 55.2 Å². The Bertz CT molecular complexity index is 1100. The van der Waals surface area contributed by atoms with E-state index in [-0.39, 0.29) is 5.78 Å². The van der Waals surface area contributed by atoms with Crippen LogP contribution in [0.2, 0.25) is 0 Å². The largest absolute Gasteiger partial charge is 0.490 e. The number of carbonyl (C=O) groups excluding carboxylic acids is 1. The minimum Gasteiger partial charge on any atom is -0.490 e. The number of piperidine rings is 1. The summed E-state index contributed by atoms with van der Waals surface area (Å²) >= 11 is 6.09. The molecule has 0 amide bonds. The molecule has 1 fully saturated rings. The van der Waals surface area contributed by atoms with Gasteiger partial charge in [0.25, 0.3) is 0 Å². The van der Waals surface area contributed by atoms with Crippen LogP contribution in [0.4, 0.5) is 0 Å². The summed E-state index contributed by atoms with van der Waals surface area (Å²) < 4.78 is 10.6. The van der Waals surface area contributed by atoms with E-state index < -0.39 is 0 Å². The summed E-state index contributed by atoms with van der Waals surface area (Å²) in [5, 5.41) is 1.05. The van der Waals surface area contributed by atoms with Crippen molar-refractivity contribution < 1.29 is 9.53 Å². The quantitative estimate of drug-likeness (QED) is 0.161. The Morgan fingerprint density at radius 3 is 2.62 bits per heavy atom. The van der Waals surface area contributed by atoms with Gasteiger partial charge < -0.3 is 14.2 Å². The number of ether oxygens (including phenoxy) is 1. The fraction of sp³-hybridized carbons (Fsp3) is 0.423. The molecule has 0 bridgehead atoms. The van der Waals surface area contributed by atoms with Crippen molar-refractivity contribution in [3.8, 4) is 5.75 Å². The zero-order chi connectivity index (χ0) is 22.7. The lowest BCUT2D eigenvalue weighted by atomic mass is 10.1. The number of aryl methyl sites for hydroxylation is 1. The minimum atomic E-state index is 0.135. The summed E-state index contributed by atoms with van der Waals surface area (Å²) in [5.74, 6) is 1.13. The summed E-state index contributed by atoms with van der Waals surface area (Å²) in [7, 11) is 0. The average Bonchev–Trinajstić information content (AvgIpc) is 3.08. The molecule has 2 heterocycles. The molecule has 32 heavy (non-hydrogen) atoms. The smallest absolute Gasteiger partial charge is 0.162 e. The summed E-state index contributed by atoms with van der Waals surface area (Å²) in [6.45, 7) is 7.86. The van der Waals surface area contributed by atoms with E-state index in [2.05, 4.69) is 91.3 Å². The molecule has 0 saturated carbocycles. The maximum Gasteiger partial charge on any atom is 0.162 e. The fourth-order valence-corrected chi connectivity index (χ4v) is 5.87. The van der Waals surface area contributed by atoms with E-state index in [1.165, 1.54) is 5.56 Å². The molecule has 4 nitrogen and oxygen atoms in total. The molecule has 0 N–H and O–H groups in total. The third kappa shape index (κ3) is 5.23. The Labute approximate surface area is 212 Å². The van der Waals surface area contributed by atoms with Gasteiger partial charge in [-0.2, -0.15) is 0 Å². The highest BCUT2D eigenvalue weighted by Gasteiger charge is 2.22. The second-order valence-corrected chi connectivity index (χ2v) is 10.2. The number of nitrogens with zero attached hydrogens (tertiary/aromatic N) is 2. The van der Waals surface area contributed by atoms with Crippen molar-refractivity contribution in [3.05, 3.63) is 63.8 Å². The van der Waals surface area contributed by atoms with Crippen LogP contribution < -0.4 is 4.74 Å². The Kier molecular flexibility index (Phi) is 7.95. The van der Waals surface area contributed by atoms with Crippen LogP contribution in [0.25, 0.3) is 10.9 Å². The topological polar surface area (TPSA) is 34.5 Å². The molecule has 0 radical (unpaired) electrons. The van der Waals surface area contributed by atoms with Crippen molar-refractivity contribution in [1.82, 2.24) is 9.47 Å². The van der Waals surface area contributed by atoms with Crippen LogP contribution in [0.3, 0.4) is 0 Å². The number of carbonyl (C=O) groups is 1. The molecule has 2 aromatic carbocycles. The van der Waals surface area contributed by atoms with Crippen molar-refractivity contribution in [3.63, 3.8) is 0 Å². The van der Waals surface area contributed by atoms with Gasteiger partial charge in [-0.1, -0.05) is 46.9 Å². The highest BCUT2D eigenvalue weighted by molar-refractivity contribution is 14.1. The number of ketones is 1. The van der Waals surface area contributed by atoms with Gasteiger partial charge in [0, 0.05) is 45.2 Å². The van der Waals surface area contributed by atoms with Crippen LogP contribution in [0.5, 0.6) is 5.75 Å². The molecule has 0 atom stereocenters. The number of hydrogen-bond acceptors (Lipinski definition) is 3. The molecule has 1 aliphatic rings. The van der Waals surface area contributed by atoms with E-state index in [0.717, 1.165) is 82.3 Å². The summed E-state index contributed by atoms with van der Waals surface area (Å²) in [6.07, 6.45) is 3.51. The summed E-state index contributed by atoms with van der Waals surface area (Å²) in [5.41, 5.74) is 4.37. The number of benzene rings is 2. The Hall–Kier alpha value is -1.38. The first kappa shape index (κ1) is 23.8. The van der Waals surface area contributed by atoms with Crippen LogP contribution in [0, 0.1) is 6.92 Å². The molecule has 6 heteroatoms. The van der Waals surface area contributed by atoms with E-state index in [4.69, 9.17) is 4.74 Å². The lowest BCUT2D eigenvalue weighted by Gasteiger charge is -2.32. The van der Waals surface area contributed by atoms with Crippen LogP contribution >= 0.6 is 38.5 Å². The van der Waals surface area contributed by atoms with Crippen LogP contribution in [-0.4, -0.2) is 41.0 Å². The lowest BCUT2D eigenvalue weighted by molar-refractivity contribution is 0.0992. The normalized spacial score (nSPS) is 15.4. The zero-order valence-electron chi connectivity index (χ0n) is 18.7. The molecule has 1 aromatic heterocycles. The van der Waals surface area contributed by atoms with Gasteiger partial charge in [0.2, 0.25) is 0 Å². The van der Waals surface area contributed by atoms with Gasteiger partial charge in [-0.25, -0.2) is 0 Å². The molecule has 4 rings (SSSR count). The van der Waals surface area contributed by atoms with E-state index in [1.807, 2.05) is 6.07 Å². The molecular formula is C26H30BrIN2O2. The van der Waals surface area contributed by atoms with E-state index >= 15 is 0 Å². The molecule has 1 saturated heterocycles. The molecule has 1 aliphatic heterocycles. The zero-order valence-corrected chi connectivity index (χ0v) is 22.5. The molecule has 0 aliphatic carbocycles. The predicted octanol–water partition coefficient (Wildman–Crippen LogP) is 6.78. The van der Waals surface area contributed by atoms with Crippen LogP contribution in [0.1, 0.15) is 47.8 Å². The molecule has 3 aromatic rings. The number of alkyl halides is 1. The Morgan fingerprint density at radius 2 is 1.91 bits per heavy atom. The van der Waals surface area contributed by atoms with Crippen molar-refractivity contribution in [2.45, 2.75) is 50.2 Å².